The SMILES string of the molecule is O=C(Nc1cccnc1)N1CCN(c2cnccn2)CC1. The van der Waals surface area contributed by atoms with Crippen LogP contribution in [0, 0.1) is 0 Å². The molecule has 0 atom stereocenters. The maximum absolute atomic E-state index is 12.2. The number of urea groups is 1. The number of hydrogen-bond acceptors (Lipinski definition) is 5. The second kappa shape index (κ2) is 6.17. The molecule has 2 amide bonds. The number of nitrogens with one attached hydrogen (secondary N) is 1. The molecule has 0 aromatic carbocycles. The Balaban J connectivity index is 1.55. The highest BCUT2D eigenvalue weighted by molar-refractivity contribution is 5.89. The average Bonchev–Trinajstić information content (AvgIpc) is 2.57. The van der Waals surface area contributed by atoms with Gasteiger partial charge in [-0.2, -0.15) is 0 Å². The second-order valence-corrected chi connectivity index (χ2v) is 4.71. The summed E-state index contributed by atoms with van der Waals surface area (Å²) in [5.41, 5.74) is 0.707. The summed E-state index contributed by atoms with van der Waals surface area (Å²) in [6.45, 7) is 2.81. The summed E-state index contributed by atoms with van der Waals surface area (Å²) in [7, 11) is 0. The van der Waals surface area contributed by atoms with Crippen LogP contribution < -0.4 is 10.2 Å². The molecule has 0 saturated carbocycles. The summed E-state index contributed by atoms with van der Waals surface area (Å²) < 4.78 is 0. The van der Waals surface area contributed by atoms with Crippen LogP contribution >= 0.6 is 0 Å². The summed E-state index contributed by atoms with van der Waals surface area (Å²) >= 11 is 0. The number of pyridine rings is 1. The number of carbonyl (C=O) groups excluding carboxylic acids is 1. The molecule has 21 heavy (non-hydrogen) atoms. The van der Waals surface area contributed by atoms with Crippen molar-refractivity contribution >= 4 is 17.5 Å². The van der Waals surface area contributed by atoms with Gasteiger partial charge in [-0.15, -0.1) is 0 Å². The van der Waals surface area contributed by atoms with Crippen molar-refractivity contribution in [3.8, 4) is 0 Å². The fraction of sp³-hybridized carbons (Fsp3) is 0.286. The Hall–Kier alpha value is -2.70. The molecule has 0 aliphatic carbocycles. The third-order valence-electron chi connectivity index (χ3n) is 3.35. The molecule has 3 heterocycles. The molecule has 7 heteroatoms. The van der Waals surface area contributed by atoms with Crippen LogP contribution in [-0.4, -0.2) is 52.1 Å². The van der Waals surface area contributed by atoms with Crippen LogP contribution in [0.2, 0.25) is 0 Å². The number of amides is 2. The third kappa shape index (κ3) is 3.25. The number of anilines is 2. The fourth-order valence-electron chi connectivity index (χ4n) is 2.23. The Labute approximate surface area is 122 Å². The lowest BCUT2D eigenvalue weighted by Crippen LogP contribution is -2.50. The van der Waals surface area contributed by atoms with Crippen LogP contribution in [0.25, 0.3) is 0 Å². The summed E-state index contributed by atoms with van der Waals surface area (Å²) in [6, 6.07) is 3.52. The highest BCUT2D eigenvalue weighted by atomic mass is 16.2. The number of piperazine rings is 1. The largest absolute Gasteiger partial charge is 0.352 e. The van der Waals surface area contributed by atoms with E-state index in [-0.39, 0.29) is 6.03 Å². The van der Waals surface area contributed by atoms with Crippen molar-refractivity contribution < 1.29 is 4.79 Å². The molecule has 1 fully saturated rings. The lowest BCUT2D eigenvalue weighted by atomic mass is 10.3. The Morgan fingerprint density at radius 2 is 1.86 bits per heavy atom. The molecule has 0 spiro atoms. The smallest absolute Gasteiger partial charge is 0.322 e. The minimum atomic E-state index is -0.0956. The first-order valence-electron chi connectivity index (χ1n) is 6.80. The second-order valence-electron chi connectivity index (χ2n) is 4.71. The summed E-state index contributed by atoms with van der Waals surface area (Å²) in [5.74, 6) is 0.852. The van der Waals surface area contributed by atoms with Gasteiger partial charge in [0.1, 0.15) is 5.82 Å². The molecule has 2 aromatic heterocycles. The predicted octanol–water partition coefficient (Wildman–Crippen LogP) is 1.23. The van der Waals surface area contributed by atoms with Crippen molar-refractivity contribution in [1.82, 2.24) is 19.9 Å². The van der Waals surface area contributed by atoms with Crippen LogP contribution in [0.3, 0.4) is 0 Å². The zero-order chi connectivity index (χ0) is 14.5. The van der Waals surface area contributed by atoms with Gasteiger partial charge in [0.2, 0.25) is 0 Å². The van der Waals surface area contributed by atoms with Gasteiger partial charge < -0.3 is 15.1 Å². The summed E-state index contributed by atoms with van der Waals surface area (Å²) in [5, 5.41) is 2.84. The van der Waals surface area contributed by atoms with Gasteiger partial charge in [0.05, 0.1) is 18.1 Å². The Bertz CT molecular complexity index is 583. The van der Waals surface area contributed by atoms with Gasteiger partial charge >= 0.3 is 6.03 Å². The predicted molar refractivity (Wildman–Crippen MR) is 79.1 cm³/mol. The van der Waals surface area contributed by atoms with Crippen molar-refractivity contribution in [2.45, 2.75) is 0 Å². The van der Waals surface area contributed by atoms with Gasteiger partial charge in [-0.25, -0.2) is 9.78 Å². The van der Waals surface area contributed by atoms with Crippen LogP contribution in [0.5, 0.6) is 0 Å². The first-order chi connectivity index (χ1) is 10.3. The lowest BCUT2D eigenvalue weighted by Gasteiger charge is -2.35. The number of hydrogen-bond donors (Lipinski definition) is 1. The van der Waals surface area contributed by atoms with Crippen molar-refractivity contribution in [2.75, 3.05) is 36.4 Å². The van der Waals surface area contributed by atoms with Gasteiger partial charge in [-0.1, -0.05) is 0 Å². The maximum atomic E-state index is 12.2. The fourth-order valence-corrected chi connectivity index (χ4v) is 2.23. The van der Waals surface area contributed by atoms with E-state index in [9.17, 15) is 4.79 Å². The molecule has 1 aliphatic heterocycles. The number of rotatable bonds is 2. The average molecular weight is 284 g/mol. The third-order valence-corrected chi connectivity index (χ3v) is 3.35. The van der Waals surface area contributed by atoms with Gasteiger partial charge in [0, 0.05) is 44.8 Å². The Morgan fingerprint density at radius 1 is 1.05 bits per heavy atom. The van der Waals surface area contributed by atoms with E-state index < -0.39 is 0 Å². The van der Waals surface area contributed by atoms with E-state index in [4.69, 9.17) is 0 Å². The highest BCUT2D eigenvalue weighted by Gasteiger charge is 2.21. The first-order valence-corrected chi connectivity index (χ1v) is 6.80. The minimum absolute atomic E-state index is 0.0956. The van der Waals surface area contributed by atoms with E-state index in [0.29, 0.717) is 18.8 Å². The van der Waals surface area contributed by atoms with E-state index in [2.05, 4.69) is 25.2 Å². The lowest BCUT2D eigenvalue weighted by molar-refractivity contribution is 0.208. The number of aromatic nitrogens is 3. The van der Waals surface area contributed by atoms with Crippen LogP contribution in [-0.2, 0) is 0 Å². The number of nitrogens with zero attached hydrogens (tertiary/aromatic N) is 5. The van der Waals surface area contributed by atoms with E-state index in [1.54, 1.807) is 42.0 Å². The highest BCUT2D eigenvalue weighted by Crippen LogP contribution is 2.12. The standard InChI is InChI=1S/C14H16N6O/c21-14(18-12-2-1-3-15-10-12)20-8-6-19(7-9-20)13-11-16-4-5-17-13/h1-5,10-11H,6-9H2,(H,18,21). The molecule has 1 saturated heterocycles. The quantitative estimate of drug-likeness (QED) is 0.897. The van der Waals surface area contributed by atoms with Crippen molar-refractivity contribution in [3.63, 3.8) is 0 Å². The zero-order valence-electron chi connectivity index (χ0n) is 11.5. The van der Waals surface area contributed by atoms with E-state index in [0.717, 1.165) is 18.9 Å². The molecular formula is C14H16N6O. The van der Waals surface area contributed by atoms with Crippen LogP contribution in [0.4, 0.5) is 16.3 Å². The molecule has 0 bridgehead atoms. The van der Waals surface area contributed by atoms with Crippen molar-refractivity contribution in [3.05, 3.63) is 43.1 Å². The van der Waals surface area contributed by atoms with E-state index in [1.807, 2.05) is 6.07 Å². The summed E-state index contributed by atoms with van der Waals surface area (Å²) in [4.78, 5) is 28.4. The number of carbonyl (C=O) groups is 1. The zero-order valence-corrected chi connectivity index (χ0v) is 11.5. The maximum Gasteiger partial charge on any atom is 0.322 e. The molecule has 108 valence electrons. The molecule has 0 radical (unpaired) electrons. The van der Waals surface area contributed by atoms with Gasteiger partial charge in [0.15, 0.2) is 0 Å². The van der Waals surface area contributed by atoms with Crippen molar-refractivity contribution in [2.24, 2.45) is 0 Å². The normalized spacial score (nSPS) is 14.9. The van der Waals surface area contributed by atoms with E-state index >= 15 is 0 Å². The molecular weight excluding hydrogens is 268 g/mol. The summed E-state index contributed by atoms with van der Waals surface area (Å²) in [6.07, 6.45) is 8.38. The molecule has 7 nitrogen and oxygen atoms in total. The van der Waals surface area contributed by atoms with Gasteiger partial charge in [0.25, 0.3) is 0 Å². The van der Waals surface area contributed by atoms with Crippen LogP contribution in [0.1, 0.15) is 0 Å². The molecule has 2 aromatic rings. The molecule has 0 unspecified atom stereocenters. The Morgan fingerprint density at radius 3 is 2.52 bits per heavy atom. The van der Waals surface area contributed by atoms with Crippen LogP contribution in [0.15, 0.2) is 43.1 Å². The van der Waals surface area contributed by atoms with Gasteiger partial charge in [-0.05, 0) is 12.1 Å². The molecule has 1 aliphatic rings. The van der Waals surface area contributed by atoms with Crippen molar-refractivity contribution in [1.29, 1.82) is 0 Å². The Kier molecular flexibility index (Phi) is 3.90. The molecule has 1 N–H and O–H groups in total. The van der Waals surface area contributed by atoms with Gasteiger partial charge in [-0.3, -0.25) is 9.97 Å². The first kappa shape index (κ1) is 13.3. The molecule has 3 rings (SSSR count). The topological polar surface area (TPSA) is 74.2 Å². The monoisotopic (exact) mass is 284 g/mol. The van der Waals surface area contributed by atoms with E-state index in [1.165, 1.54) is 0 Å². The minimum Gasteiger partial charge on any atom is -0.352 e.